The Morgan fingerprint density at radius 1 is 0.897 bits per heavy atom. The van der Waals surface area contributed by atoms with E-state index in [0.717, 1.165) is 24.4 Å². The van der Waals surface area contributed by atoms with Crippen molar-refractivity contribution in [1.29, 1.82) is 0 Å². The van der Waals surface area contributed by atoms with Crippen molar-refractivity contribution in [3.05, 3.63) is 34.9 Å². The summed E-state index contributed by atoms with van der Waals surface area (Å²) in [5.74, 6) is -0.637. The summed E-state index contributed by atoms with van der Waals surface area (Å²) in [7, 11) is 0. The van der Waals surface area contributed by atoms with Crippen LogP contribution in [0, 0.1) is 0 Å². The number of aliphatic imine (C=N–C) groups is 1. The monoisotopic (exact) mass is 397 g/mol. The van der Waals surface area contributed by atoms with Gasteiger partial charge in [0.05, 0.1) is 0 Å². The second-order valence-electron chi connectivity index (χ2n) is 9.24. The summed E-state index contributed by atoms with van der Waals surface area (Å²) in [6.07, 6.45) is 10.3. The van der Waals surface area contributed by atoms with Crippen LogP contribution < -0.4 is 22.3 Å². The van der Waals surface area contributed by atoms with Crippen LogP contribution in [-0.4, -0.2) is 54.0 Å². The first kappa shape index (κ1) is 19.3. The van der Waals surface area contributed by atoms with E-state index in [-0.39, 0.29) is 0 Å². The summed E-state index contributed by atoms with van der Waals surface area (Å²) in [4.78, 5) is 9.85. The number of nitrogens with zero attached hydrogens (tertiary/aromatic N) is 3. The highest BCUT2D eigenvalue weighted by Gasteiger charge is 2.33. The zero-order valence-electron chi connectivity index (χ0n) is 17.4. The topological polar surface area (TPSA) is 94.9 Å². The fraction of sp³-hybridized carbons (Fsp3) is 0.682. The first-order valence-corrected chi connectivity index (χ1v) is 11.4. The molecule has 3 heterocycles. The van der Waals surface area contributed by atoms with E-state index < -0.39 is 5.79 Å². The van der Waals surface area contributed by atoms with Crippen molar-refractivity contribution in [2.24, 2.45) is 16.5 Å². The van der Waals surface area contributed by atoms with Gasteiger partial charge in [0.15, 0.2) is 0 Å². The lowest BCUT2D eigenvalue weighted by Gasteiger charge is -2.40. The van der Waals surface area contributed by atoms with Gasteiger partial charge < -0.3 is 15.5 Å². The van der Waals surface area contributed by atoms with Crippen molar-refractivity contribution in [2.75, 3.05) is 26.2 Å². The standard InChI is InChI=1S/C22H35N7/c23-21-25-22(24,27-26-21)18-6-3-16-4-7-19(8-5-17(16)15-18)29-13-9-20(10-14-29)28-11-1-2-12-28/h3,6,15,19-20,27H,1-2,4-5,7-14,24H2,(H3,23,25,26). The molecule has 5 rings (SSSR count). The Bertz CT molecular complexity index is 764. The van der Waals surface area contributed by atoms with E-state index >= 15 is 0 Å². The molecular formula is C22H35N7. The number of hydrogen-bond donors (Lipinski definition) is 4. The van der Waals surface area contributed by atoms with E-state index in [4.69, 9.17) is 11.5 Å². The third kappa shape index (κ3) is 3.89. The average molecular weight is 398 g/mol. The van der Waals surface area contributed by atoms with Crippen molar-refractivity contribution in [2.45, 2.75) is 69.2 Å². The van der Waals surface area contributed by atoms with Gasteiger partial charge in [0.1, 0.15) is 0 Å². The van der Waals surface area contributed by atoms with E-state index in [1.165, 1.54) is 75.8 Å². The van der Waals surface area contributed by atoms with Crippen LogP contribution in [0.4, 0.5) is 0 Å². The Kier molecular flexibility index (Phi) is 5.24. The maximum Gasteiger partial charge on any atom is 0.209 e. The number of nitrogens with two attached hydrogens (primary N) is 2. The smallest absolute Gasteiger partial charge is 0.209 e. The van der Waals surface area contributed by atoms with Crippen molar-refractivity contribution < 1.29 is 0 Å². The van der Waals surface area contributed by atoms with Crippen LogP contribution in [0.15, 0.2) is 23.2 Å². The molecule has 0 spiro atoms. The molecule has 0 radical (unpaired) electrons. The number of hydrazine groups is 1. The molecule has 0 aromatic heterocycles. The van der Waals surface area contributed by atoms with Crippen molar-refractivity contribution in [3.63, 3.8) is 0 Å². The average Bonchev–Trinajstić information content (AvgIpc) is 3.34. The molecule has 7 heteroatoms. The molecule has 2 fully saturated rings. The molecule has 7 nitrogen and oxygen atoms in total. The number of aryl methyl sites for hydroxylation is 2. The van der Waals surface area contributed by atoms with Crippen LogP contribution in [0.1, 0.15) is 55.2 Å². The maximum absolute atomic E-state index is 6.40. The second-order valence-corrected chi connectivity index (χ2v) is 9.24. The minimum absolute atomic E-state index is 0.333. The molecule has 3 aliphatic heterocycles. The highest BCUT2D eigenvalue weighted by atomic mass is 15.6. The third-order valence-electron chi connectivity index (χ3n) is 7.49. The van der Waals surface area contributed by atoms with Gasteiger partial charge in [-0.3, -0.25) is 11.2 Å². The zero-order chi connectivity index (χ0) is 19.8. The summed E-state index contributed by atoms with van der Waals surface area (Å²) >= 11 is 0. The Morgan fingerprint density at radius 2 is 1.55 bits per heavy atom. The predicted octanol–water partition coefficient (Wildman–Crippen LogP) is 0.986. The molecule has 2 saturated heterocycles. The maximum atomic E-state index is 6.40. The lowest BCUT2D eigenvalue weighted by atomic mass is 9.97. The quantitative estimate of drug-likeness (QED) is 0.568. The van der Waals surface area contributed by atoms with Crippen molar-refractivity contribution >= 4 is 5.96 Å². The Labute approximate surface area is 173 Å². The molecule has 6 N–H and O–H groups in total. The van der Waals surface area contributed by atoms with Crippen LogP contribution >= 0.6 is 0 Å². The number of hydrogen-bond acceptors (Lipinski definition) is 7. The van der Waals surface area contributed by atoms with Gasteiger partial charge in [0, 0.05) is 17.6 Å². The number of rotatable bonds is 3. The SMILES string of the molecule is NC1=NC(N)(c2ccc3c(c2)CCC(N2CCC(N4CCCC4)CC2)CC3)NN1. The molecule has 1 aliphatic carbocycles. The molecule has 158 valence electrons. The van der Waals surface area contributed by atoms with Crippen LogP contribution in [0.25, 0.3) is 0 Å². The summed E-state index contributed by atoms with van der Waals surface area (Å²) in [6, 6.07) is 8.11. The number of piperidine rings is 1. The van der Waals surface area contributed by atoms with Crippen LogP contribution in [0.3, 0.4) is 0 Å². The van der Waals surface area contributed by atoms with Crippen molar-refractivity contribution in [3.8, 4) is 0 Å². The fourth-order valence-corrected chi connectivity index (χ4v) is 5.76. The largest absolute Gasteiger partial charge is 0.369 e. The minimum atomic E-state index is -0.970. The van der Waals surface area contributed by atoms with Crippen LogP contribution in [0.2, 0.25) is 0 Å². The van der Waals surface area contributed by atoms with Gasteiger partial charge >= 0.3 is 0 Å². The summed E-state index contributed by atoms with van der Waals surface area (Å²) in [5.41, 5.74) is 21.8. The molecule has 29 heavy (non-hydrogen) atoms. The Balaban J connectivity index is 1.22. The minimum Gasteiger partial charge on any atom is -0.369 e. The van der Waals surface area contributed by atoms with Gasteiger partial charge in [-0.05, 0) is 88.7 Å². The van der Waals surface area contributed by atoms with Gasteiger partial charge in [-0.25, -0.2) is 4.99 Å². The van der Waals surface area contributed by atoms with E-state index in [1.54, 1.807) is 0 Å². The number of likely N-dealkylation sites (tertiary alicyclic amines) is 2. The predicted molar refractivity (Wildman–Crippen MR) is 116 cm³/mol. The molecule has 2 unspecified atom stereocenters. The first-order valence-electron chi connectivity index (χ1n) is 11.4. The first-order chi connectivity index (χ1) is 14.1. The van der Waals surface area contributed by atoms with Crippen LogP contribution in [0.5, 0.6) is 0 Å². The van der Waals surface area contributed by atoms with Gasteiger partial charge in [0.25, 0.3) is 0 Å². The zero-order valence-corrected chi connectivity index (χ0v) is 17.4. The number of fused-ring (bicyclic) bond motifs is 1. The van der Waals surface area contributed by atoms with Gasteiger partial charge in [0.2, 0.25) is 11.7 Å². The number of nitrogens with one attached hydrogen (secondary N) is 2. The molecule has 0 amide bonds. The fourth-order valence-electron chi connectivity index (χ4n) is 5.76. The lowest BCUT2D eigenvalue weighted by molar-refractivity contribution is 0.0900. The molecule has 1 aromatic rings. The summed E-state index contributed by atoms with van der Waals surface area (Å²) < 4.78 is 0. The molecule has 4 aliphatic rings. The molecular weight excluding hydrogens is 362 g/mol. The molecule has 2 atom stereocenters. The van der Waals surface area contributed by atoms with E-state index in [9.17, 15) is 0 Å². The molecule has 1 aromatic carbocycles. The van der Waals surface area contributed by atoms with Gasteiger partial charge in [-0.1, -0.05) is 18.2 Å². The Hall–Kier alpha value is -1.67. The third-order valence-corrected chi connectivity index (χ3v) is 7.49. The highest BCUT2D eigenvalue weighted by molar-refractivity contribution is 5.79. The van der Waals surface area contributed by atoms with E-state index in [2.05, 4.69) is 43.8 Å². The summed E-state index contributed by atoms with van der Waals surface area (Å²) in [6.45, 7) is 5.19. The van der Waals surface area contributed by atoms with E-state index in [1.807, 2.05) is 0 Å². The number of benzene rings is 1. The Morgan fingerprint density at radius 3 is 2.24 bits per heavy atom. The van der Waals surface area contributed by atoms with Crippen LogP contribution in [-0.2, 0) is 18.6 Å². The van der Waals surface area contributed by atoms with Gasteiger partial charge in [-0.15, -0.1) is 0 Å². The molecule has 0 saturated carbocycles. The normalized spacial score (nSPS) is 31.9. The summed E-state index contributed by atoms with van der Waals surface area (Å²) in [5, 5.41) is 0. The second kappa shape index (κ2) is 7.87. The molecule has 0 bridgehead atoms. The van der Waals surface area contributed by atoms with Gasteiger partial charge in [-0.2, -0.15) is 5.43 Å². The van der Waals surface area contributed by atoms with E-state index in [0.29, 0.717) is 12.0 Å². The highest BCUT2D eigenvalue weighted by Crippen LogP contribution is 2.30. The number of guanidine groups is 1. The lowest BCUT2D eigenvalue weighted by Crippen LogP contribution is -2.50. The van der Waals surface area contributed by atoms with Crippen molar-refractivity contribution in [1.82, 2.24) is 20.7 Å².